The Labute approximate surface area is 110 Å². The average molecular weight is 269 g/mol. The second kappa shape index (κ2) is 5.31. The number of esters is 1. The molecule has 1 aromatic carbocycles. The van der Waals surface area contributed by atoms with E-state index in [9.17, 15) is 4.79 Å². The number of fused-ring (bicyclic) bond motifs is 1. The van der Waals surface area contributed by atoms with Crippen LogP contribution >= 0.6 is 11.6 Å². The molecule has 0 bridgehead atoms. The molecule has 1 aliphatic heterocycles. The Balaban J connectivity index is 2.05. The van der Waals surface area contributed by atoms with Gasteiger partial charge in [0.05, 0.1) is 5.02 Å². The summed E-state index contributed by atoms with van der Waals surface area (Å²) in [4.78, 5) is 11.4. The number of ether oxygens (including phenoxy) is 3. The third-order valence-electron chi connectivity index (χ3n) is 2.27. The number of hydrogen-bond acceptors (Lipinski definition) is 4. The van der Waals surface area contributed by atoms with E-state index in [1.165, 1.54) is 6.08 Å². The molecule has 1 heterocycles. The second-order valence-electron chi connectivity index (χ2n) is 4.14. The second-order valence-corrected chi connectivity index (χ2v) is 4.55. The van der Waals surface area contributed by atoms with Crippen molar-refractivity contribution >= 4 is 17.6 Å². The first-order valence-corrected chi connectivity index (χ1v) is 5.84. The summed E-state index contributed by atoms with van der Waals surface area (Å²) in [5.74, 6) is 0.746. The van der Waals surface area contributed by atoms with Gasteiger partial charge < -0.3 is 14.2 Å². The summed E-state index contributed by atoms with van der Waals surface area (Å²) in [6.45, 7) is 3.98. The lowest BCUT2D eigenvalue weighted by atomic mass is 10.2. The Morgan fingerprint density at radius 3 is 2.94 bits per heavy atom. The highest BCUT2D eigenvalue weighted by Crippen LogP contribution is 2.39. The Morgan fingerprint density at radius 2 is 2.22 bits per heavy atom. The molecular weight excluding hydrogens is 256 g/mol. The van der Waals surface area contributed by atoms with Gasteiger partial charge in [-0.3, -0.25) is 0 Å². The zero-order chi connectivity index (χ0) is 13.1. The van der Waals surface area contributed by atoms with Crippen LogP contribution in [-0.4, -0.2) is 12.8 Å². The summed E-state index contributed by atoms with van der Waals surface area (Å²) < 4.78 is 15.5. The van der Waals surface area contributed by atoms with Gasteiger partial charge in [-0.15, -0.1) is 0 Å². The molecular formula is C13H13ClO4. The molecule has 0 saturated heterocycles. The molecule has 96 valence electrons. The van der Waals surface area contributed by atoms with Gasteiger partial charge in [0.15, 0.2) is 11.5 Å². The largest absolute Gasteiger partial charge is 0.458 e. The molecule has 0 aromatic heterocycles. The molecule has 0 N–H and O–H groups in total. The van der Waals surface area contributed by atoms with Crippen molar-refractivity contribution in [2.75, 3.05) is 6.79 Å². The number of halogens is 1. The number of carbonyl (C=O) groups excluding carboxylic acids is 1. The van der Waals surface area contributed by atoms with Gasteiger partial charge in [0.2, 0.25) is 6.79 Å². The Bertz CT molecular complexity index is 504. The van der Waals surface area contributed by atoms with Gasteiger partial charge in [0.1, 0.15) is 6.61 Å². The molecule has 0 fully saturated rings. The van der Waals surface area contributed by atoms with Crippen LogP contribution in [0.4, 0.5) is 0 Å². The molecule has 0 spiro atoms. The van der Waals surface area contributed by atoms with Crippen LogP contribution in [0.2, 0.25) is 5.02 Å². The van der Waals surface area contributed by atoms with E-state index >= 15 is 0 Å². The SMILES string of the molecule is CC(C)=CC(=O)OCc1cc(Cl)c2c(c1)OCO2. The van der Waals surface area contributed by atoms with Crippen LogP contribution in [-0.2, 0) is 16.1 Å². The zero-order valence-corrected chi connectivity index (χ0v) is 10.9. The lowest BCUT2D eigenvalue weighted by molar-refractivity contribution is -0.139. The minimum atomic E-state index is -0.371. The third-order valence-corrected chi connectivity index (χ3v) is 2.56. The van der Waals surface area contributed by atoms with Gasteiger partial charge in [0.25, 0.3) is 0 Å². The molecule has 0 unspecified atom stereocenters. The fourth-order valence-corrected chi connectivity index (χ4v) is 1.82. The lowest BCUT2D eigenvalue weighted by Gasteiger charge is -2.05. The van der Waals surface area contributed by atoms with Crippen LogP contribution in [0.5, 0.6) is 11.5 Å². The van der Waals surface area contributed by atoms with Gasteiger partial charge in [0, 0.05) is 6.08 Å². The van der Waals surface area contributed by atoms with Gasteiger partial charge >= 0.3 is 5.97 Å². The van der Waals surface area contributed by atoms with Crippen LogP contribution < -0.4 is 9.47 Å². The highest BCUT2D eigenvalue weighted by molar-refractivity contribution is 6.32. The van der Waals surface area contributed by atoms with Crippen molar-refractivity contribution in [2.24, 2.45) is 0 Å². The van der Waals surface area contributed by atoms with Crippen LogP contribution in [0.1, 0.15) is 19.4 Å². The summed E-state index contributed by atoms with van der Waals surface area (Å²) >= 11 is 6.02. The molecule has 18 heavy (non-hydrogen) atoms. The molecule has 5 heteroatoms. The van der Waals surface area contributed by atoms with Crippen molar-refractivity contribution in [1.82, 2.24) is 0 Å². The number of carbonyl (C=O) groups is 1. The van der Waals surface area contributed by atoms with E-state index in [1.807, 2.05) is 13.8 Å². The van der Waals surface area contributed by atoms with E-state index in [1.54, 1.807) is 12.1 Å². The van der Waals surface area contributed by atoms with Crippen molar-refractivity contribution in [2.45, 2.75) is 20.5 Å². The number of benzene rings is 1. The van der Waals surface area contributed by atoms with Crippen molar-refractivity contribution in [1.29, 1.82) is 0 Å². The molecule has 0 atom stereocenters. The lowest BCUT2D eigenvalue weighted by Crippen LogP contribution is -2.01. The van der Waals surface area contributed by atoms with Crippen LogP contribution in [0, 0.1) is 0 Å². The molecule has 1 aliphatic rings. The van der Waals surface area contributed by atoms with Gasteiger partial charge in [-0.05, 0) is 31.5 Å². The summed E-state index contributed by atoms with van der Waals surface area (Å²) in [7, 11) is 0. The van der Waals surface area contributed by atoms with E-state index in [0.29, 0.717) is 16.5 Å². The first-order chi connectivity index (χ1) is 8.56. The predicted octanol–water partition coefficient (Wildman–Crippen LogP) is 3.08. The monoisotopic (exact) mass is 268 g/mol. The van der Waals surface area contributed by atoms with Crippen molar-refractivity contribution < 1.29 is 19.0 Å². The summed E-state index contributed by atoms with van der Waals surface area (Å²) in [5, 5.41) is 0.457. The Hall–Kier alpha value is -1.68. The first kappa shape index (κ1) is 12.8. The van der Waals surface area contributed by atoms with Gasteiger partial charge in [-0.25, -0.2) is 4.79 Å². The van der Waals surface area contributed by atoms with Crippen LogP contribution in [0.15, 0.2) is 23.8 Å². The highest BCUT2D eigenvalue weighted by atomic mass is 35.5. The van der Waals surface area contributed by atoms with E-state index in [-0.39, 0.29) is 19.4 Å². The van der Waals surface area contributed by atoms with E-state index in [4.69, 9.17) is 25.8 Å². The number of rotatable bonds is 3. The van der Waals surface area contributed by atoms with Crippen molar-refractivity contribution in [3.63, 3.8) is 0 Å². The quantitative estimate of drug-likeness (QED) is 0.624. The molecule has 0 radical (unpaired) electrons. The maximum atomic E-state index is 11.4. The summed E-state index contributed by atoms with van der Waals surface area (Å²) in [5.41, 5.74) is 1.66. The normalized spacial score (nSPS) is 12.2. The van der Waals surface area contributed by atoms with Crippen molar-refractivity contribution in [3.8, 4) is 11.5 Å². The Morgan fingerprint density at radius 1 is 1.44 bits per heavy atom. The molecule has 4 nitrogen and oxygen atoms in total. The average Bonchev–Trinajstić information content (AvgIpc) is 2.74. The highest BCUT2D eigenvalue weighted by Gasteiger charge is 2.18. The molecule has 0 amide bonds. The summed E-state index contributed by atoms with van der Waals surface area (Å²) in [6, 6.07) is 3.45. The van der Waals surface area contributed by atoms with Crippen LogP contribution in [0.25, 0.3) is 0 Å². The van der Waals surface area contributed by atoms with Crippen molar-refractivity contribution in [3.05, 3.63) is 34.4 Å². The molecule has 2 rings (SSSR count). The van der Waals surface area contributed by atoms with Gasteiger partial charge in [-0.1, -0.05) is 17.2 Å². The predicted molar refractivity (Wildman–Crippen MR) is 66.8 cm³/mol. The van der Waals surface area contributed by atoms with Crippen LogP contribution in [0.3, 0.4) is 0 Å². The number of hydrogen-bond donors (Lipinski definition) is 0. The van der Waals surface area contributed by atoms with Gasteiger partial charge in [-0.2, -0.15) is 0 Å². The summed E-state index contributed by atoms with van der Waals surface area (Å²) in [6.07, 6.45) is 1.44. The zero-order valence-electron chi connectivity index (χ0n) is 10.2. The third kappa shape index (κ3) is 2.96. The Kier molecular flexibility index (Phi) is 3.77. The standard InChI is InChI=1S/C13H13ClO4/c1-8(2)3-12(15)16-6-9-4-10(14)13-11(5-9)17-7-18-13/h3-5H,6-7H2,1-2H3. The fraction of sp³-hybridized carbons (Fsp3) is 0.308. The maximum Gasteiger partial charge on any atom is 0.331 e. The minimum absolute atomic E-state index is 0.152. The first-order valence-electron chi connectivity index (χ1n) is 5.46. The fourth-order valence-electron chi connectivity index (χ4n) is 1.54. The molecule has 1 aromatic rings. The van der Waals surface area contributed by atoms with E-state index < -0.39 is 0 Å². The molecule has 0 saturated carbocycles. The minimum Gasteiger partial charge on any atom is -0.458 e. The number of allylic oxidation sites excluding steroid dienone is 1. The topological polar surface area (TPSA) is 44.8 Å². The maximum absolute atomic E-state index is 11.4. The van der Waals surface area contributed by atoms with E-state index in [2.05, 4.69) is 0 Å². The molecule has 0 aliphatic carbocycles. The van der Waals surface area contributed by atoms with E-state index in [0.717, 1.165) is 11.1 Å². The smallest absolute Gasteiger partial charge is 0.331 e.